The maximum absolute atomic E-state index is 5.64. The molecule has 0 amide bonds. The Bertz CT molecular complexity index is 233. The molecule has 0 aromatic rings. The van der Waals surface area contributed by atoms with Crippen LogP contribution in [0.3, 0.4) is 0 Å². The lowest BCUT2D eigenvalue weighted by atomic mass is 9.94. The Morgan fingerprint density at radius 3 is 2.63 bits per heavy atom. The zero-order valence-corrected chi connectivity index (χ0v) is 13.5. The monoisotopic (exact) mass is 270 g/mol. The molecule has 0 spiro atoms. The molecule has 0 aromatic heterocycles. The Hall–Kier alpha value is -0.120. The standard InChI is InChI=1S/C16H34N2O/c1-15(2)17-11-7-5-6-8-12-18-13-9-10-16(3,14-18)19-4/h15,17H,5-14H2,1-4H3. The van der Waals surface area contributed by atoms with Gasteiger partial charge in [0.05, 0.1) is 5.60 Å². The molecule has 1 N–H and O–H groups in total. The van der Waals surface area contributed by atoms with E-state index < -0.39 is 0 Å². The van der Waals surface area contributed by atoms with Gasteiger partial charge < -0.3 is 15.0 Å². The molecule has 0 bridgehead atoms. The van der Waals surface area contributed by atoms with E-state index in [9.17, 15) is 0 Å². The van der Waals surface area contributed by atoms with Gasteiger partial charge in [-0.2, -0.15) is 0 Å². The average Bonchev–Trinajstić information content (AvgIpc) is 2.37. The molecule has 1 aliphatic heterocycles. The van der Waals surface area contributed by atoms with Gasteiger partial charge >= 0.3 is 0 Å². The highest BCUT2D eigenvalue weighted by molar-refractivity contribution is 4.84. The van der Waals surface area contributed by atoms with E-state index in [1.165, 1.54) is 58.2 Å². The summed E-state index contributed by atoms with van der Waals surface area (Å²) in [6.45, 7) is 11.5. The molecular formula is C16H34N2O. The highest BCUT2D eigenvalue weighted by Crippen LogP contribution is 2.23. The Labute approximate surface area is 120 Å². The van der Waals surface area contributed by atoms with Crippen LogP contribution in [0.15, 0.2) is 0 Å². The van der Waals surface area contributed by atoms with Gasteiger partial charge in [0.1, 0.15) is 0 Å². The number of ether oxygens (including phenoxy) is 1. The van der Waals surface area contributed by atoms with Crippen LogP contribution >= 0.6 is 0 Å². The van der Waals surface area contributed by atoms with Gasteiger partial charge in [-0.3, -0.25) is 0 Å². The molecule has 1 unspecified atom stereocenters. The number of nitrogens with zero attached hydrogens (tertiary/aromatic N) is 1. The van der Waals surface area contributed by atoms with Crippen molar-refractivity contribution in [2.45, 2.75) is 70.9 Å². The number of hydrogen-bond donors (Lipinski definition) is 1. The number of methoxy groups -OCH3 is 1. The maximum Gasteiger partial charge on any atom is 0.0777 e. The number of unbranched alkanes of at least 4 members (excludes halogenated alkanes) is 3. The van der Waals surface area contributed by atoms with Crippen molar-refractivity contribution in [3.63, 3.8) is 0 Å². The lowest BCUT2D eigenvalue weighted by molar-refractivity contribution is -0.0508. The third-order valence-electron chi connectivity index (χ3n) is 4.18. The summed E-state index contributed by atoms with van der Waals surface area (Å²) in [6, 6.07) is 0.625. The molecule has 0 saturated carbocycles. The second-order valence-electron chi connectivity index (χ2n) is 6.56. The smallest absolute Gasteiger partial charge is 0.0777 e. The molecular weight excluding hydrogens is 236 g/mol. The number of hydrogen-bond acceptors (Lipinski definition) is 3. The highest BCUT2D eigenvalue weighted by Gasteiger charge is 2.30. The summed E-state index contributed by atoms with van der Waals surface area (Å²) in [5.74, 6) is 0. The zero-order chi connectivity index (χ0) is 14.1. The quantitative estimate of drug-likeness (QED) is 0.652. The minimum absolute atomic E-state index is 0.0967. The lowest BCUT2D eigenvalue weighted by Crippen LogP contribution is -2.47. The summed E-state index contributed by atoms with van der Waals surface area (Å²) in [5, 5.41) is 3.48. The first kappa shape index (κ1) is 16.9. The van der Waals surface area contributed by atoms with E-state index in [0.717, 1.165) is 6.54 Å². The van der Waals surface area contributed by atoms with Crippen molar-refractivity contribution in [2.75, 3.05) is 33.3 Å². The van der Waals surface area contributed by atoms with Crippen molar-refractivity contribution in [3.05, 3.63) is 0 Å². The van der Waals surface area contributed by atoms with E-state index in [4.69, 9.17) is 4.74 Å². The molecule has 1 fully saturated rings. The lowest BCUT2D eigenvalue weighted by Gasteiger charge is -2.39. The van der Waals surface area contributed by atoms with Crippen molar-refractivity contribution in [3.8, 4) is 0 Å². The van der Waals surface area contributed by atoms with E-state index >= 15 is 0 Å². The van der Waals surface area contributed by atoms with Gasteiger partial charge in [0, 0.05) is 19.7 Å². The molecule has 1 heterocycles. The predicted octanol–water partition coefficient (Wildman–Crippen LogP) is 3.05. The third kappa shape index (κ3) is 7.28. The normalized spacial score (nSPS) is 25.1. The molecule has 1 atom stereocenters. The van der Waals surface area contributed by atoms with E-state index in [-0.39, 0.29) is 5.60 Å². The van der Waals surface area contributed by atoms with Crippen molar-refractivity contribution >= 4 is 0 Å². The van der Waals surface area contributed by atoms with E-state index in [2.05, 4.69) is 31.0 Å². The van der Waals surface area contributed by atoms with Gasteiger partial charge in [-0.15, -0.1) is 0 Å². The fourth-order valence-corrected chi connectivity index (χ4v) is 2.87. The number of nitrogens with one attached hydrogen (secondary N) is 1. The second kappa shape index (κ2) is 8.93. The molecule has 1 aliphatic rings. The summed E-state index contributed by atoms with van der Waals surface area (Å²) in [5.41, 5.74) is 0.0967. The molecule has 1 rings (SSSR count). The van der Waals surface area contributed by atoms with Crippen molar-refractivity contribution in [2.24, 2.45) is 0 Å². The predicted molar refractivity (Wildman–Crippen MR) is 82.7 cm³/mol. The van der Waals surface area contributed by atoms with Gasteiger partial charge in [0.25, 0.3) is 0 Å². The molecule has 19 heavy (non-hydrogen) atoms. The van der Waals surface area contributed by atoms with Gasteiger partial charge in [-0.1, -0.05) is 26.7 Å². The first-order valence-corrected chi connectivity index (χ1v) is 8.07. The first-order chi connectivity index (χ1) is 9.06. The third-order valence-corrected chi connectivity index (χ3v) is 4.18. The maximum atomic E-state index is 5.64. The topological polar surface area (TPSA) is 24.5 Å². The first-order valence-electron chi connectivity index (χ1n) is 8.07. The van der Waals surface area contributed by atoms with Gasteiger partial charge in [0.15, 0.2) is 0 Å². The van der Waals surface area contributed by atoms with Gasteiger partial charge in [0.2, 0.25) is 0 Å². The van der Waals surface area contributed by atoms with E-state index in [0.29, 0.717) is 6.04 Å². The minimum Gasteiger partial charge on any atom is -0.377 e. The average molecular weight is 270 g/mol. The van der Waals surface area contributed by atoms with Crippen molar-refractivity contribution in [1.82, 2.24) is 10.2 Å². The van der Waals surface area contributed by atoms with Crippen LogP contribution < -0.4 is 5.32 Å². The van der Waals surface area contributed by atoms with Crippen LogP contribution in [0, 0.1) is 0 Å². The number of likely N-dealkylation sites (tertiary alicyclic amines) is 1. The molecule has 1 saturated heterocycles. The largest absolute Gasteiger partial charge is 0.377 e. The highest BCUT2D eigenvalue weighted by atomic mass is 16.5. The van der Waals surface area contributed by atoms with Crippen LogP contribution in [0.25, 0.3) is 0 Å². The molecule has 114 valence electrons. The number of rotatable bonds is 9. The Morgan fingerprint density at radius 2 is 1.95 bits per heavy atom. The molecule has 0 radical (unpaired) electrons. The summed E-state index contributed by atoms with van der Waals surface area (Å²) in [4.78, 5) is 2.58. The molecule has 3 nitrogen and oxygen atoms in total. The van der Waals surface area contributed by atoms with E-state index in [1.807, 2.05) is 7.11 Å². The minimum atomic E-state index is 0.0967. The van der Waals surface area contributed by atoms with Crippen LogP contribution in [0.4, 0.5) is 0 Å². The van der Waals surface area contributed by atoms with Crippen LogP contribution in [-0.4, -0.2) is 49.8 Å². The summed E-state index contributed by atoms with van der Waals surface area (Å²) in [7, 11) is 1.85. The molecule has 0 aliphatic carbocycles. The Kier molecular flexibility index (Phi) is 7.96. The van der Waals surface area contributed by atoms with Crippen LogP contribution in [0.1, 0.15) is 59.3 Å². The Morgan fingerprint density at radius 1 is 1.21 bits per heavy atom. The fourth-order valence-electron chi connectivity index (χ4n) is 2.87. The van der Waals surface area contributed by atoms with Gasteiger partial charge in [-0.25, -0.2) is 0 Å². The fraction of sp³-hybridized carbons (Fsp3) is 1.00. The van der Waals surface area contributed by atoms with Crippen LogP contribution in [-0.2, 0) is 4.74 Å². The van der Waals surface area contributed by atoms with Crippen LogP contribution in [0.2, 0.25) is 0 Å². The molecule has 0 aromatic carbocycles. The van der Waals surface area contributed by atoms with Crippen molar-refractivity contribution < 1.29 is 4.74 Å². The SMILES string of the molecule is COC1(C)CCCN(CCCCCCNC(C)C)C1. The summed E-state index contributed by atoms with van der Waals surface area (Å²) in [6.07, 6.45) is 7.86. The second-order valence-corrected chi connectivity index (χ2v) is 6.56. The van der Waals surface area contributed by atoms with Gasteiger partial charge in [-0.05, 0) is 52.2 Å². The van der Waals surface area contributed by atoms with E-state index in [1.54, 1.807) is 0 Å². The summed E-state index contributed by atoms with van der Waals surface area (Å²) >= 11 is 0. The van der Waals surface area contributed by atoms with Crippen LogP contribution in [0.5, 0.6) is 0 Å². The Balaban J connectivity index is 2.00. The zero-order valence-electron chi connectivity index (χ0n) is 13.5. The summed E-state index contributed by atoms with van der Waals surface area (Å²) < 4.78 is 5.64. The molecule has 3 heteroatoms. The van der Waals surface area contributed by atoms with Crippen molar-refractivity contribution in [1.29, 1.82) is 0 Å². The number of piperidine rings is 1.